The SMILES string of the molecule is Nc1c(Nc2ccc(C(=O)O)cc2)ncnc1Nc1ccc(Cl)c(C(F)(F)F)c1. The van der Waals surface area contributed by atoms with E-state index < -0.39 is 22.7 Å². The minimum absolute atomic E-state index is 0.0540. The van der Waals surface area contributed by atoms with Gasteiger partial charge in [-0.25, -0.2) is 14.8 Å². The van der Waals surface area contributed by atoms with Crippen LogP contribution in [0.5, 0.6) is 0 Å². The molecule has 0 radical (unpaired) electrons. The molecule has 29 heavy (non-hydrogen) atoms. The maximum Gasteiger partial charge on any atom is 0.417 e. The van der Waals surface area contributed by atoms with Gasteiger partial charge in [-0.05, 0) is 42.5 Å². The van der Waals surface area contributed by atoms with Crippen LogP contribution in [0.2, 0.25) is 5.02 Å². The molecule has 0 saturated heterocycles. The fraction of sp³-hybridized carbons (Fsp3) is 0.0556. The molecule has 0 aliphatic heterocycles. The van der Waals surface area contributed by atoms with Crippen molar-refractivity contribution in [2.45, 2.75) is 6.18 Å². The minimum atomic E-state index is -4.61. The number of nitrogens with one attached hydrogen (secondary N) is 2. The van der Waals surface area contributed by atoms with E-state index in [2.05, 4.69) is 20.6 Å². The Kier molecular flexibility index (Phi) is 5.46. The van der Waals surface area contributed by atoms with Gasteiger partial charge in [0.1, 0.15) is 12.0 Å². The van der Waals surface area contributed by atoms with Gasteiger partial charge >= 0.3 is 12.1 Å². The molecule has 150 valence electrons. The van der Waals surface area contributed by atoms with E-state index in [9.17, 15) is 18.0 Å². The van der Waals surface area contributed by atoms with Crippen LogP contribution in [0.4, 0.5) is 41.9 Å². The Bertz CT molecular complexity index is 1060. The van der Waals surface area contributed by atoms with E-state index in [4.69, 9.17) is 22.4 Å². The largest absolute Gasteiger partial charge is 0.478 e. The van der Waals surface area contributed by atoms with Crippen molar-refractivity contribution in [2.75, 3.05) is 16.4 Å². The van der Waals surface area contributed by atoms with E-state index in [0.29, 0.717) is 5.69 Å². The normalized spacial score (nSPS) is 11.2. The van der Waals surface area contributed by atoms with Gasteiger partial charge in [-0.3, -0.25) is 0 Å². The summed E-state index contributed by atoms with van der Waals surface area (Å²) in [7, 11) is 0. The first-order chi connectivity index (χ1) is 13.6. The Morgan fingerprint density at radius 1 is 1.00 bits per heavy atom. The van der Waals surface area contributed by atoms with E-state index >= 15 is 0 Å². The number of anilines is 5. The lowest BCUT2D eigenvalue weighted by Gasteiger charge is -2.14. The lowest BCUT2D eigenvalue weighted by Crippen LogP contribution is -2.08. The Balaban J connectivity index is 1.85. The van der Waals surface area contributed by atoms with Crippen LogP contribution in [0.25, 0.3) is 0 Å². The third kappa shape index (κ3) is 4.66. The van der Waals surface area contributed by atoms with Crippen LogP contribution in [0.15, 0.2) is 48.8 Å². The van der Waals surface area contributed by atoms with Crippen molar-refractivity contribution in [3.05, 3.63) is 64.9 Å². The monoisotopic (exact) mass is 423 g/mol. The number of carboxylic acids is 1. The molecule has 2 aromatic carbocycles. The molecular formula is C18H13ClF3N5O2. The zero-order chi connectivity index (χ0) is 21.2. The first kappa shape index (κ1) is 20.2. The number of hydrogen-bond donors (Lipinski definition) is 4. The zero-order valence-corrected chi connectivity index (χ0v) is 15.2. The molecule has 3 rings (SSSR count). The van der Waals surface area contributed by atoms with Crippen molar-refractivity contribution < 1.29 is 23.1 Å². The van der Waals surface area contributed by atoms with E-state index in [0.717, 1.165) is 12.1 Å². The van der Waals surface area contributed by atoms with Gasteiger partial charge in [-0.2, -0.15) is 13.2 Å². The van der Waals surface area contributed by atoms with Gasteiger partial charge in [0.25, 0.3) is 0 Å². The second kappa shape index (κ2) is 7.84. The van der Waals surface area contributed by atoms with E-state index in [1.165, 1.54) is 36.7 Å². The van der Waals surface area contributed by atoms with Gasteiger partial charge in [0.2, 0.25) is 0 Å². The highest BCUT2D eigenvalue weighted by molar-refractivity contribution is 6.31. The van der Waals surface area contributed by atoms with Crippen LogP contribution < -0.4 is 16.4 Å². The number of carbonyl (C=O) groups is 1. The molecule has 1 heterocycles. The van der Waals surface area contributed by atoms with Crippen molar-refractivity contribution in [3.8, 4) is 0 Å². The predicted molar refractivity (Wildman–Crippen MR) is 103 cm³/mol. The highest BCUT2D eigenvalue weighted by Crippen LogP contribution is 2.37. The van der Waals surface area contributed by atoms with Crippen molar-refractivity contribution in [2.24, 2.45) is 0 Å². The number of rotatable bonds is 5. The standard InChI is InChI=1S/C18H13ClF3N5O2/c19-13-6-5-11(7-12(13)18(20,21)22)27-16-14(23)15(24-8-25-16)26-10-3-1-9(2-4-10)17(28)29/h1-8H,23H2,(H,28,29)(H2,24,25,26,27). The van der Waals surface area contributed by atoms with Crippen molar-refractivity contribution in [1.29, 1.82) is 0 Å². The number of hydrogen-bond acceptors (Lipinski definition) is 6. The molecule has 0 saturated carbocycles. The van der Waals surface area contributed by atoms with Gasteiger partial charge in [-0.15, -0.1) is 0 Å². The quantitative estimate of drug-likeness (QED) is 0.460. The average Bonchev–Trinajstić information content (AvgIpc) is 2.66. The molecule has 7 nitrogen and oxygen atoms in total. The van der Waals surface area contributed by atoms with Crippen LogP contribution in [0.3, 0.4) is 0 Å². The van der Waals surface area contributed by atoms with E-state index in [1.54, 1.807) is 0 Å². The maximum atomic E-state index is 13.0. The minimum Gasteiger partial charge on any atom is -0.478 e. The fourth-order valence-electron chi connectivity index (χ4n) is 2.38. The number of aromatic carboxylic acids is 1. The molecule has 0 amide bonds. The average molecular weight is 424 g/mol. The first-order valence-electron chi connectivity index (χ1n) is 8.00. The fourth-order valence-corrected chi connectivity index (χ4v) is 2.61. The summed E-state index contributed by atoms with van der Waals surface area (Å²) in [6.07, 6.45) is -3.44. The number of carboxylic acid groups (broad SMARTS) is 1. The van der Waals surface area contributed by atoms with Crippen LogP contribution in [-0.2, 0) is 6.18 Å². The van der Waals surface area contributed by atoms with Gasteiger partial charge in [0.05, 0.1) is 16.1 Å². The number of nitrogens with zero attached hydrogens (tertiary/aromatic N) is 2. The third-order valence-electron chi connectivity index (χ3n) is 3.81. The lowest BCUT2D eigenvalue weighted by molar-refractivity contribution is -0.137. The molecular weight excluding hydrogens is 411 g/mol. The molecule has 5 N–H and O–H groups in total. The van der Waals surface area contributed by atoms with Crippen LogP contribution in [-0.4, -0.2) is 21.0 Å². The van der Waals surface area contributed by atoms with Crippen LogP contribution in [0.1, 0.15) is 15.9 Å². The molecule has 0 aliphatic carbocycles. The Morgan fingerprint density at radius 3 is 2.10 bits per heavy atom. The second-order valence-corrected chi connectivity index (χ2v) is 6.22. The van der Waals surface area contributed by atoms with Gasteiger partial charge in [0.15, 0.2) is 11.6 Å². The Morgan fingerprint density at radius 2 is 1.55 bits per heavy atom. The second-order valence-electron chi connectivity index (χ2n) is 5.81. The van der Waals surface area contributed by atoms with Crippen molar-refractivity contribution in [3.63, 3.8) is 0 Å². The summed E-state index contributed by atoms with van der Waals surface area (Å²) in [6.45, 7) is 0. The first-order valence-corrected chi connectivity index (χ1v) is 8.37. The summed E-state index contributed by atoms with van der Waals surface area (Å²) in [4.78, 5) is 18.8. The number of nitrogen functional groups attached to an aromatic ring is 1. The lowest BCUT2D eigenvalue weighted by atomic mass is 10.2. The molecule has 0 bridgehead atoms. The number of alkyl halides is 3. The highest BCUT2D eigenvalue weighted by atomic mass is 35.5. The molecule has 0 aliphatic rings. The smallest absolute Gasteiger partial charge is 0.417 e. The summed E-state index contributed by atoms with van der Waals surface area (Å²) in [5.74, 6) is -0.790. The number of aromatic nitrogens is 2. The molecule has 0 spiro atoms. The molecule has 3 aromatic rings. The van der Waals surface area contributed by atoms with Gasteiger partial charge < -0.3 is 21.5 Å². The number of benzene rings is 2. The van der Waals surface area contributed by atoms with Crippen LogP contribution in [0, 0.1) is 0 Å². The number of nitrogens with two attached hydrogens (primary N) is 1. The summed E-state index contributed by atoms with van der Waals surface area (Å²) >= 11 is 5.62. The Hall–Kier alpha value is -3.53. The van der Waals surface area contributed by atoms with Crippen LogP contribution >= 0.6 is 11.6 Å². The summed E-state index contributed by atoms with van der Waals surface area (Å²) < 4.78 is 39.1. The molecule has 11 heteroatoms. The van der Waals surface area contributed by atoms with E-state index in [-0.39, 0.29) is 28.6 Å². The summed E-state index contributed by atoms with van der Waals surface area (Å²) in [5, 5.41) is 14.1. The summed E-state index contributed by atoms with van der Waals surface area (Å²) in [5.41, 5.74) is 5.79. The molecule has 0 unspecified atom stereocenters. The van der Waals surface area contributed by atoms with Crippen molar-refractivity contribution >= 4 is 46.3 Å². The number of halogens is 4. The predicted octanol–water partition coefficient (Wildman–Crippen LogP) is 4.92. The molecule has 0 atom stereocenters. The topological polar surface area (TPSA) is 113 Å². The van der Waals surface area contributed by atoms with E-state index in [1.807, 2.05) is 0 Å². The third-order valence-corrected chi connectivity index (χ3v) is 4.14. The Labute approximate surface area is 167 Å². The summed E-state index contributed by atoms with van der Waals surface area (Å²) in [6, 6.07) is 9.16. The highest BCUT2D eigenvalue weighted by Gasteiger charge is 2.33. The van der Waals surface area contributed by atoms with Gasteiger partial charge in [0, 0.05) is 11.4 Å². The van der Waals surface area contributed by atoms with Gasteiger partial charge in [-0.1, -0.05) is 11.6 Å². The molecule has 1 aromatic heterocycles. The maximum absolute atomic E-state index is 13.0. The zero-order valence-electron chi connectivity index (χ0n) is 14.5. The molecule has 0 fully saturated rings. The van der Waals surface area contributed by atoms with Crippen molar-refractivity contribution in [1.82, 2.24) is 9.97 Å².